The summed E-state index contributed by atoms with van der Waals surface area (Å²) in [4.78, 5) is 32.8. The van der Waals surface area contributed by atoms with Crippen LogP contribution < -0.4 is 0 Å². The molecule has 0 unspecified atom stereocenters. The second-order valence-electron chi connectivity index (χ2n) is 8.50. The molecule has 1 aliphatic carbocycles. The Morgan fingerprint density at radius 2 is 2.13 bits per heavy atom. The fourth-order valence-electron chi connectivity index (χ4n) is 4.78. The molecular formula is C21H19ClFN5O2. The van der Waals surface area contributed by atoms with Crippen molar-refractivity contribution in [3.8, 4) is 0 Å². The SMILES string of the molecule is CN1C(=O)c2c3c(nn2CC12CC2)CCN(C(=O)c1cc2c(Cl)c(F)ccc2[nH]1)C3. The third-order valence-electron chi connectivity index (χ3n) is 6.80. The van der Waals surface area contributed by atoms with Crippen molar-refractivity contribution in [2.45, 2.75) is 37.9 Å². The Morgan fingerprint density at radius 3 is 2.90 bits per heavy atom. The number of nitrogens with one attached hydrogen (secondary N) is 1. The second-order valence-corrected chi connectivity index (χ2v) is 8.88. The summed E-state index contributed by atoms with van der Waals surface area (Å²) >= 11 is 6.05. The number of hydrogen-bond donors (Lipinski definition) is 1. The molecule has 0 bridgehead atoms. The Hall–Kier alpha value is -2.87. The van der Waals surface area contributed by atoms with E-state index in [1.807, 2.05) is 16.6 Å². The van der Waals surface area contributed by atoms with Gasteiger partial charge in [-0.1, -0.05) is 11.6 Å². The molecule has 4 heterocycles. The number of aromatic amines is 1. The van der Waals surface area contributed by atoms with Gasteiger partial charge in [0.25, 0.3) is 11.8 Å². The van der Waals surface area contributed by atoms with Gasteiger partial charge in [0.05, 0.1) is 29.3 Å². The highest BCUT2D eigenvalue weighted by Crippen LogP contribution is 2.46. The van der Waals surface area contributed by atoms with Crippen molar-refractivity contribution >= 4 is 34.3 Å². The second kappa shape index (κ2) is 5.85. The van der Waals surface area contributed by atoms with E-state index in [-0.39, 0.29) is 22.4 Å². The first-order valence-electron chi connectivity index (χ1n) is 10.0. The zero-order valence-electron chi connectivity index (χ0n) is 16.3. The number of fused-ring (bicyclic) bond motifs is 4. The van der Waals surface area contributed by atoms with Gasteiger partial charge in [0.1, 0.15) is 17.2 Å². The van der Waals surface area contributed by atoms with E-state index in [4.69, 9.17) is 16.7 Å². The minimum Gasteiger partial charge on any atom is -0.350 e. The van der Waals surface area contributed by atoms with Crippen LogP contribution in [0.2, 0.25) is 5.02 Å². The van der Waals surface area contributed by atoms with Crippen LogP contribution >= 0.6 is 11.6 Å². The average Bonchev–Trinajstić information content (AvgIpc) is 3.22. The molecule has 1 fully saturated rings. The normalized spacial score (nSPS) is 19.4. The molecule has 30 heavy (non-hydrogen) atoms. The lowest BCUT2D eigenvalue weighted by atomic mass is 10.0. The molecule has 9 heteroatoms. The number of benzene rings is 1. The topological polar surface area (TPSA) is 74.2 Å². The third-order valence-corrected chi connectivity index (χ3v) is 7.18. The number of amides is 2. The van der Waals surface area contributed by atoms with Crippen LogP contribution in [0.5, 0.6) is 0 Å². The number of hydrogen-bond acceptors (Lipinski definition) is 3. The Labute approximate surface area is 176 Å². The molecule has 1 aromatic carbocycles. The van der Waals surface area contributed by atoms with E-state index < -0.39 is 5.82 Å². The fraction of sp³-hybridized carbons (Fsp3) is 0.381. The van der Waals surface area contributed by atoms with Crippen molar-refractivity contribution in [3.63, 3.8) is 0 Å². The summed E-state index contributed by atoms with van der Waals surface area (Å²) in [5.74, 6) is -0.745. The first-order chi connectivity index (χ1) is 14.4. The van der Waals surface area contributed by atoms with Gasteiger partial charge >= 0.3 is 0 Å². The maximum Gasteiger partial charge on any atom is 0.272 e. The van der Waals surface area contributed by atoms with Gasteiger partial charge in [0, 0.05) is 36.5 Å². The van der Waals surface area contributed by atoms with Gasteiger partial charge in [0.2, 0.25) is 0 Å². The third kappa shape index (κ3) is 2.34. The Bertz CT molecular complexity index is 1260. The maximum atomic E-state index is 13.7. The highest BCUT2D eigenvalue weighted by atomic mass is 35.5. The van der Waals surface area contributed by atoms with E-state index >= 15 is 0 Å². The van der Waals surface area contributed by atoms with Gasteiger partial charge in [-0.2, -0.15) is 5.10 Å². The first kappa shape index (κ1) is 17.9. The predicted molar refractivity (Wildman–Crippen MR) is 108 cm³/mol. The number of carbonyl (C=O) groups excluding carboxylic acids is 2. The lowest BCUT2D eigenvalue weighted by Gasteiger charge is -2.34. The molecule has 1 saturated carbocycles. The molecule has 6 rings (SSSR count). The molecule has 154 valence electrons. The summed E-state index contributed by atoms with van der Waals surface area (Å²) < 4.78 is 15.6. The van der Waals surface area contributed by atoms with Gasteiger partial charge in [-0.25, -0.2) is 4.39 Å². The van der Waals surface area contributed by atoms with E-state index in [9.17, 15) is 14.0 Å². The van der Waals surface area contributed by atoms with Crippen LogP contribution in [0, 0.1) is 5.82 Å². The van der Waals surface area contributed by atoms with Gasteiger partial charge in [-0.3, -0.25) is 14.3 Å². The van der Waals surface area contributed by atoms with Crippen LogP contribution in [0.4, 0.5) is 4.39 Å². The molecule has 1 N–H and O–H groups in total. The zero-order chi connectivity index (χ0) is 20.8. The van der Waals surface area contributed by atoms with Gasteiger partial charge in [-0.05, 0) is 31.0 Å². The molecule has 7 nitrogen and oxygen atoms in total. The number of carbonyl (C=O) groups is 2. The van der Waals surface area contributed by atoms with Crippen LogP contribution in [0.3, 0.4) is 0 Å². The monoisotopic (exact) mass is 427 g/mol. The zero-order valence-corrected chi connectivity index (χ0v) is 17.1. The molecule has 0 saturated heterocycles. The van der Waals surface area contributed by atoms with Gasteiger partial charge < -0.3 is 14.8 Å². The smallest absolute Gasteiger partial charge is 0.272 e. The Morgan fingerprint density at radius 1 is 1.33 bits per heavy atom. The van der Waals surface area contributed by atoms with Crippen LogP contribution in [-0.2, 0) is 19.5 Å². The lowest BCUT2D eigenvalue weighted by Crippen LogP contribution is -2.48. The van der Waals surface area contributed by atoms with Gasteiger partial charge in [-0.15, -0.1) is 0 Å². The molecule has 0 radical (unpaired) electrons. The molecule has 2 amide bonds. The summed E-state index contributed by atoms with van der Waals surface area (Å²) in [6.07, 6.45) is 2.61. The van der Waals surface area contributed by atoms with Crippen molar-refractivity contribution in [2.24, 2.45) is 0 Å². The van der Waals surface area contributed by atoms with Crippen LogP contribution in [0.15, 0.2) is 18.2 Å². The van der Waals surface area contributed by atoms with E-state index in [1.165, 1.54) is 6.07 Å². The maximum absolute atomic E-state index is 13.7. The molecule has 2 aromatic heterocycles. The number of rotatable bonds is 1. The number of nitrogens with zero attached hydrogens (tertiary/aromatic N) is 4. The number of likely N-dealkylation sites (N-methyl/N-ethyl adjacent to an activating group) is 1. The standard InChI is InChI=1S/C21H19ClFN5O2/c1-26-20(30)18-12-9-27(7-4-15(12)25-28(18)10-21(26)5-6-21)19(29)16-8-11-14(24-16)3-2-13(23)17(11)22/h2-3,8,24H,4-7,9-10H2,1H3. The van der Waals surface area contributed by atoms with Gasteiger partial charge in [0.15, 0.2) is 0 Å². The largest absolute Gasteiger partial charge is 0.350 e. The Balaban J connectivity index is 1.33. The number of halogens is 2. The molecule has 0 atom stereocenters. The molecule has 2 aliphatic heterocycles. The van der Waals surface area contributed by atoms with Crippen molar-refractivity contribution in [1.29, 1.82) is 0 Å². The highest BCUT2D eigenvalue weighted by Gasteiger charge is 2.53. The Kier molecular flexibility index (Phi) is 3.50. The number of aromatic nitrogens is 3. The highest BCUT2D eigenvalue weighted by molar-refractivity contribution is 6.35. The molecule has 3 aromatic rings. The van der Waals surface area contributed by atoms with E-state index in [1.54, 1.807) is 17.0 Å². The van der Waals surface area contributed by atoms with Crippen LogP contribution in [-0.4, -0.2) is 55.5 Å². The van der Waals surface area contributed by atoms with E-state index in [0.29, 0.717) is 41.8 Å². The average molecular weight is 428 g/mol. The molecular weight excluding hydrogens is 409 g/mol. The van der Waals surface area contributed by atoms with E-state index in [0.717, 1.165) is 30.6 Å². The van der Waals surface area contributed by atoms with Crippen molar-refractivity contribution in [3.05, 3.63) is 51.7 Å². The number of H-pyrrole nitrogens is 1. The molecule has 1 spiro atoms. The summed E-state index contributed by atoms with van der Waals surface area (Å²) in [6, 6.07) is 4.43. The lowest BCUT2D eigenvalue weighted by molar-refractivity contribution is 0.0604. The minimum atomic E-state index is -0.521. The summed E-state index contributed by atoms with van der Waals surface area (Å²) in [5, 5.41) is 5.17. The predicted octanol–water partition coefficient (Wildman–Crippen LogP) is 2.97. The fourth-order valence-corrected chi connectivity index (χ4v) is 5.00. The van der Waals surface area contributed by atoms with Crippen LogP contribution in [0.1, 0.15) is 45.1 Å². The first-order valence-corrected chi connectivity index (χ1v) is 10.4. The summed E-state index contributed by atoms with van der Waals surface area (Å²) in [6.45, 7) is 1.56. The van der Waals surface area contributed by atoms with Crippen molar-refractivity contribution < 1.29 is 14.0 Å². The van der Waals surface area contributed by atoms with E-state index in [2.05, 4.69) is 4.98 Å². The van der Waals surface area contributed by atoms with Crippen molar-refractivity contribution in [2.75, 3.05) is 13.6 Å². The molecule has 3 aliphatic rings. The minimum absolute atomic E-state index is 0.00271. The quantitative estimate of drug-likeness (QED) is 0.648. The summed E-state index contributed by atoms with van der Waals surface area (Å²) in [5.41, 5.74) is 3.22. The van der Waals surface area contributed by atoms with Crippen LogP contribution in [0.25, 0.3) is 10.9 Å². The van der Waals surface area contributed by atoms with Crippen molar-refractivity contribution in [1.82, 2.24) is 24.6 Å². The summed E-state index contributed by atoms with van der Waals surface area (Å²) in [7, 11) is 1.86.